The third kappa shape index (κ3) is 3.16. The van der Waals surface area contributed by atoms with E-state index in [1.54, 1.807) is 0 Å². The molecule has 3 fully saturated rings. The third-order valence-corrected chi connectivity index (χ3v) is 5.86. The van der Waals surface area contributed by atoms with Crippen molar-refractivity contribution in [3.8, 4) is 0 Å². The Morgan fingerprint density at radius 1 is 1.05 bits per heavy atom. The van der Waals surface area contributed by atoms with Gasteiger partial charge in [-0.3, -0.25) is 4.79 Å². The summed E-state index contributed by atoms with van der Waals surface area (Å²) in [7, 11) is 0. The summed E-state index contributed by atoms with van der Waals surface area (Å²) >= 11 is 5.11. The van der Waals surface area contributed by atoms with Gasteiger partial charge in [0.05, 0.1) is 11.0 Å². The first kappa shape index (κ1) is 14.3. The molecule has 4 unspecified atom stereocenters. The van der Waals surface area contributed by atoms with Crippen LogP contribution in [0.25, 0.3) is 0 Å². The molecule has 1 amide bonds. The Balaban J connectivity index is 1.55. The van der Waals surface area contributed by atoms with Gasteiger partial charge >= 0.3 is 0 Å². The van der Waals surface area contributed by atoms with Crippen LogP contribution >= 0.6 is 12.2 Å². The van der Waals surface area contributed by atoms with Gasteiger partial charge in [-0.15, -0.1) is 0 Å². The maximum atomic E-state index is 12.5. The summed E-state index contributed by atoms with van der Waals surface area (Å²) in [4.78, 5) is 13.0. The van der Waals surface area contributed by atoms with Gasteiger partial charge < -0.3 is 11.1 Å². The molecule has 0 saturated heterocycles. The Kier molecular flexibility index (Phi) is 4.29. The van der Waals surface area contributed by atoms with Crippen LogP contribution in [0.15, 0.2) is 0 Å². The highest BCUT2D eigenvalue weighted by molar-refractivity contribution is 7.80. The van der Waals surface area contributed by atoms with E-state index in [1.165, 1.54) is 32.1 Å². The van der Waals surface area contributed by atoms with Crippen LogP contribution in [0.3, 0.4) is 0 Å². The monoisotopic (exact) mass is 294 g/mol. The normalized spacial score (nSPS) is 34.9. The molecule has 0 aromatic rings. The van der Waals surface area contributed by atoms with Gasteiger partial charge in [0.1, 0.15) is 0 Å². The van der Waals surface area contributed by atoms with Crippen molar-refractivity contribution >= 4 is 23.1 Å². The predicted molar refractivity (Wildman–Crippen MR) is 84.2 cm³/mol. The van der Waals surface area contributed by atoms with Crippen LogP contribution in [-0.4, -0.2) is 16.9 Å². The zero-order valence-corrected chi connectivity index (χ0v) is 13.0. The largest absolute Gasteiger partial charge is 0.392 e. The second-order valence-corrected chi connectivity index (χ2v) is 7.51. The van der Waals surface area contributed by atoms with Crippen molar-refractivity contribution < 1.29 is 4.79 Å². The molecule has 112 valence electrons. The predicted octanol–water partition coefficient (Wildman–Crippen LogP) is 2.77. The molecule has 0 aromatic heterocycles. The Bertz CT molecular complexity index is 394. The lowest BCUT2D eigenvalue weighted by molar-refractivity contribution is -0.127. The summed E-state index contributed by atoms with van der Waals surface area (Å²) in [6, 6.07) is -0.0541. The molecule has 3 nitrogen and oxygen atoms in total. The molecular weight excluding hydrogens is 268 g/mol. The van der Waals surface area contributed by atoms with Crippen LogP contribution in [0.5, 0.6) is 0 Å². The number of amides is 1. The van der Waals surface area contributed by atoms with Crippen molar-refractivity contribution in [2.75, 3.05) is 0 Å². The van der Waals surface area contributed by atoms with Gasteiger partial charge in [0, 0.05) is 5.92 Å². The van der Waals surface area contributed by atoms with Gasteiger partial charge in [-0.25, -0.2) is 0 Å². The highest BCUT2D eigenvalue weighted by Crippen LogP contribution is 2.43. The van der Waals surface area contributed by atoms with Gasteiger partial charge in [-0.1, -0.05) is 37.9 Å². The smallest absolute Gasteiger partial charge is 0.223 e. The van der Waals surface area contributed by atoms with Gasteiger partial charge in [-0.05, 0) is 49.9 Å². The molecule has 20 heavy (non-hydrogen) atoms. The van der Waals surface area contributed by atoms with E-state index >= 15 is 0 Å². The van der Waals surface area contributed by atoms with Gasteiger partial charge in [0.25, 0.3) is 0 Å². The van der Waals surface area contributed by atoms with E-state index < -0.39 is 0 Å². The Morgan fingerprint density at radius 3 is 2.40 bits per heavy atom. The van der Waals surface area contributed by atoms with E-state index in [-0.39, 0.29) is 17.9 Å². The van der Waals surface area contributed by atoms with Crippen molar-refractivity contribution in [3.05, 3.63) is 0 Å². The maximum Gasteiger partial charge on any atom is 0.223 e. The SMILES string of the molecule is NC(=S)C(NC(=O)C1CCC2CCCCC2C1)C1CC1. The average Bonchev–Trinajstić information content (AvgIpc) is 3.28. The van der Waals surface area contributed by atoms with Gasteiger partial charge in [0.15, 0.2) is 0 Å². The number of carbonyl (C=O) groups excluding carboxylic acids is 1. The summed E-state index contributed by atoms with van der Waals surface area (Å²) < 4.78 is 0. The number of carbonyl (C=O) groups is 1. The lowest BCUT2D eigenvalue weighted by Crippen LogP contribution is -2.48. The minimum atomic E-state index is -0.0541. The molecular formula is C16H26N2OS. The van der Waals surface area contributed by atoms with Crippen LogP contribution in [0, 0.1) is 23.7 Å². The van der Waals surface area contributed by atoms with Crippen LogP contribution in [-0.2, 0) is 4.79 Å². The minimum Gasteiger partial charge on any atom is -0.392 e. The van der Waals surface area contributed by atoms with E-state index in [2.05, 4.69) is 5.32 Å². The molecule has 4 heteroatoms. The van der Waals surface area contributed by atoms with Crippen molar-refractivity contribution in [2.24, 2.45) is 29.4 Å². The molecule has 0 spiro atoms. The van der Waals surface area contributed by atoms with Crippen molar-refractivity contribution in [1.29, 1.82) is 0 Å². The molecule has 0 aliphatic heterocycles. The molecule has 3 aliphatic carbocycles. The first-order valence-corrected chi connectivity index (χ1v) is 8.65. The van der Waals surface area contributed by atoms with Crippen molar-refractivity contribution in [3.63, 3.8) is 0 Å². The lowest BCUT2D eigenvalue weighted by atomic mass is 9.67. The molecule has 3 N–H and O–H groups in total. The quantitative estimate of drug-likeness (QED) is 0.784. The minimum absolute atomic E-state index is 0.0541. The first-order chi connectivity index (χ1) is 9.65. The number of nitrogens with one attached hydrogen (secondary N) is 1. The second kappa shape index (κ2) is 6.00. The van der Waals surface area contributed by atoms with Crippen LogP contribution in [0.4, 0.5) is 0 Å². The zero-order valence-electron chi connectivity index (χ0n) is 12.1. The molecule has 0 radical (unpaired) electrons. The summed E-state index contributed by atoms with van der Waals surface area (Å²) in [5, 5.41) is 3.14. The Morgan fingerprint density at radius 2 is 1.75 bits per heavy atom. The lowest BCUT2D eigenvalue weighted by Gasteiger charge is -2.39. The maximum absolute atomic E-state index is 12.5. The number of hydrogen-bond acceptors (Lipinski definition) is 2. The highest BCUT2D eigenvalue weighted by Gasteiger charge is 2.38. The number of nitrogens with two attached hydrogens (primary N) is 1. The Hall–Kier alpha value is -0.640. The van der Waals surface area contributed by atoms with E-state index in [4.69, 9.17) is 18.0 Å². The number of fused-ring (bicyclic) bond motifs is 1. The first-order valence-electron chi connectivity index (χ1n) is 8.25. The van der Waals surface area contributed by atoms with Crippen LogP contribution in [0.2, 0.25) is 0 Å². The topological polar surface area (TPSA) is 55.1 Å². The molecule has 4 atom stereocenters. The summed E-state index contributed by atoms with van der Waals surface area (Å²) in [5.41, 5.74) is 5.78. The van der Waals surface area contributed by atoms with E-state index in [9.17, 15) is 4.79 Å². The fraction of sp³-hybridized carbons (Fsp3) is 0.875. The van der Waals surface area contributed by atoms with Crippen LogP contribution < -0.4 is 11.1 Å². The van der Waals surface area contributed by atoms with Crippen molar-refractivity contribution in [2.45, 2.75) is 63.8 Å². The Labute approximate surface area is 127 Å². The zero-order chi connectivity index (χ0) is 14.1. The fourth-order valence-electron chi connectivity index (χ4n) is 4.23. The molecule has 0 bridgehead atoms. The summed E-state index contributed by atoms with van der Waals surface area (Å²) in [6.07, 6.45) is 11.1. The van der Waals surface area contributed by atoms with E-state index in [1.807, 2.05) is 0 Å². The molecule has 3 rings (SSSR count). The number of hydrogen-bond donors (Lipinski definition) is 2. The molecule has 3 saturated carbocycles. The molecule has 3 aliphatic rings. The van der Waals surface area contributed by atoms with Crippen molar-refractivity contribution in [1.82, 2.24) is 5.32 Å². The highest BCUT2D eigenvalue weighted by atomic mass is 32.1. The molecule has 0 aromatic carbocycles. The van der Waals surface area contributed by atoms with Crippen LogP contribution in [0.1, 0.15) is 57.8 Å². The van der Waals surface area contributed by atoms with E-state index in [0.29, 0.717) is 10.9 Å². The van der Waals surface area contributed by atoms with E-state index in [0.717, 1.165) is 37.5 Å². The summed E-state index contributed by atoms with van der Waals surface area (Å²) in [5.74, 6) is 2.59. The van der Waals surface area contributed by atoms with Gasteiger partial charge in [0.2, 0.25) is 5.91 Å². The third-order valence-electron chi connectivity index (χ3n) is 5.61. The fourth-order valence-corrected chi connectivity index (χ4v) is 4.48. The number of thiocarbonyl (C=S) groups is 1. The molecule has 0 heterocycles. The summed E-state index contributed by atoms with van der Waals surface area (Å²) in [6.45, 7) is 0. The average molecular weight is 294 g/mol. The second-order valence-electron chi connectivity index (χ2n) is 7.04. The standard InChI is InChI=1S/C16H26N2OS/c17-15(20)14(11-6-7-11)18-16(19)13-8-5-10-3-1-2-4-12(10)9-13/h10-14H,1-9H2,(H2,17,20)(H,18,19). The number of rotatable bonds is 4. The van der Waals surface area contributed by atoms with Gasteiger partial charge in [-0.2, -0.15) is 0 Å².